The first kappa shape index (κ1) is 5.65. The van der Waals surface area contributed by atoms with E-state index in [9.17, 15) is 4.91 Å². The summed E-state index contributed by atoms with van der Waals surface area (Å²) in [5.74, 6) is 0. The molecule has 8 heavy (non-hydrogen) atoms. The lowest BCUT2D eigenvalue weighted by Crippen LogP contribution is -2.39. The highest BCUT2D eigenvalue weighted by Crippen LogP contribution is 1.91. The lowest BCUT2D eigenvalue weighted by molar-refractivity contribution is 0.0791. The highest BCUT2D eigenvalue weighted by atomic mass is 16.5. The van der Waals surface area contributed by atoms with Gasteiger partial charge in [-0.2, -0.15) is 0 Å². The van der Waals surface area contributed by atoms with Crippen molar-refractivity contribution in [2.45, 2.75) is 6.17 Å². The first-order valence-electron chi connectivity index (χ1n) is 2.57. The molecule has 1 saturated heterocycles. The van der Waals surface area contributed by atoms with Crippen molar-refractivity contribution in [3.63, 3.8) is 0 Å². The summed E-state index contributed by atoms with van der Waals surface area (Å²) in [5.41, 5.74) is 0. The van der Waals surface area contributed by atoms with Gasteiger partial charge in [0.25, 0.3) is 0 Å². The quantitative estimate of drug-likeness (QED) is 0.478. The Labute approximate surface area is 47.2 Å². The topological polar surface area (TPSA) is 50.7 Å². The Kier molecular flexibility index (Phi) is 1.93. The smallest absolute Gasteiger partial charge is 0.165 e. The van der Waals surface area contributed by atoms with Crippen LogP contribution in [0.1, 0.15) is 0 Å². The Morgan fingerprint density at radius 1 is 1.75 bits per heavy atom. The molecule has 0 radical (unpaired) electrons. The maximum absolute atomic E-state index is 9.77. The van der Waals surface area contributed by atoms with Crippen LogP contribution in [0.3, 0.4) is 0 Å². The summed E-state index contributed by atoms with van der Waals surface area (Å²) in [6.07, 6.45) is -0.316. The zero-order chi connectivity index (χ0) is 5.82. The summed E-state index contributed by atoms with van der Waals surface area (Å²) < 4.78 is 4.92. The maximum atomic E-state index is 9.77. The summed E-state index contributed by atoms with van der Waals surface area (Å²) in [6.45, 7) is 1.84. The second kappa shape index (κ2) is 2.74. The van der Waals surface area contributed by atoms with Crippen LogP contribution in [0.2, 0.25) is 0 Å². The molecule has 1 fully saturated rings. The predicted molar refractivity (Wildman–Crippen MR) is 28.4 cm³/mol. The molecule has 1 atom stereocenters. The Morgan fingerprint density at radius 2 is 2.62 bits per heavy atom. The van der Waals surface area contributed by atoms with Crippen molar-refractivity contribution >= 4 is 0 Å². The molecule has 0 amide bonds. The number of hydrogen-bond acceptors (Lipinski definition) is 4. The number of hydrogen-bond donors (Lipinski definition) is 1. The van der Waals surface area contributed by atoms with Gasteiger partial charge < -0.3 is 4.74 Å². The van der Waals surface area contributed by atoms with E-state index in [1.165, 1.54) is 0 Å². The highest BCUT2D eigenvalue weighted by molar-refractivity contribution is 4.65. The Hall–Kier alpha value is -0.480. The van der Waals surface area contributed by atoms with Crippen LogP contribution >= 0.6 is 0 Å². The van der Waals surface area contributed by atoms with E-state index in [0.29, 0.717) is 13.2 Å². The molecule has 46 valence electrons. The van der Waals surface area contributed by atoms with Crippen LogP contribution in [0.4, 0.5) is 0 Å². The lowest BCUT2D eigenvalue weighted by Gasteiger charge is -2.16. The molecule has 4 heteroatoms. The minimum Gasteiger partial charge on any atom is -0.376 e. The third-order valence-electron chi connectivity index (χ3n) is 1.03. The number of ether oxygens (including phenoxy) is 1. The lowest BCUT2D eigenvalue weighted by atomic mass is 10.4. The van der Waals surface area contributed by atoms with Gasteiger partial charge in [0.1, 0.15) is 0 Å². The third kappa shape index (κ3) is 1.24. The van der Waals surface area contributed by atoms with Gasteiger partial charge in [0, 0.05) is 6.54 Å². The van der Waals surface area contributed by atoms with Crippen LogP contribution in [0, 0.1) is 4.91 Å². The van der Waals surface area contributed by atoms with Crippen LogP contribution in [-0.2, 0) is 4.74 Å². The summed E-state index contributed by atoms with van der Waals surface area (Å²) >= 11 is 0. The fourth-order valence-electron chi connectivity index (χ4n) is 0.619. The molecule has 0 aromatic rings. The first-order chi connectivity index (χ1) is 3.93. The van der Waals surface area contributed by atoms with Gasteiger partial charge in [-0.3, -0.25) is 5.32 Å². The number of nitroso groups, excluding NO2 is 1. The van der Waals surface area contributed by atoms with E-state index in [1.54, 1.807) is 0 Å². The van der Waals surface area contributed by atoms with Crippen LogP contribution in [0.5, 0.6) is 0 Å². The van der Waals surface area contributed by atoms with Crippen molar-refractivity contribution in [2.75, 3.05) is 19.8 Å². The molecule has 4 nitrogen and oxygen atoms in total. The fourth-order valence-corrected chi connectivity index (χ4v) is 0.619. The first-order valence-corrected chi connectivity index (χ1v) is 2.57. The molecule has 1 aliphatic heterocycles. The molecule has 1 aliphatic rings. The van der Waals surface area contributed by atoms with Gasteiger partial charge in [-0.1, -0.05) is 0 Å². The van der Waals surface area contributed by atoms with Gasteiger partial charge >= 0.3 is 0 Å². The molecular weight excluding hydrogens is 108 g/mol. The molecule has 1 unspecified atom stereocenters. The second-order valence-electron chi connectivity index (χ2n) is 1.65. The minimum atomic E-state index is -0.316. The number of rotatable bonds is 1. The van der Waals surface area contributed by atoms with Crippen LogP contribution in [-0.4, -0.2) is 25.9 Å². The second-order valence-corrected chi connectivity index (χ2v) is 1.65. The monoisotopic (exact) mass is 116 g/mol. The maximum Gasteiger partial charge on any atom is 0.165 e. The van der Waals surface area contributed by atoms with E-state index in [-0.39, 0.29) is 6.17 Å². The average Bonchev–Trinajstić information content (AvgIpc) is 1.90. The fraction of sp³-hybridized carbons (Fsp3) is 1.00. The van der Waals surface area contributed by atoms with E-state index < -0.39 is 0 Å². The van der Waals surface area contributed by atoms with E-state index in [2.05, 4.69) is 10.5 Å². The van der Waals surface area contributed by atoms with E-state index in [1.807, 2.05) is 0 Å². The van der Waals surface area contributed by atoms with Crippen molar-refractivity contribution in [1.29, 1.82) is 0 Å². The van der Waals surface area contributed by atoms with E-state index in [4.69, 9.17) is 4.74 Å². The van der Waals surface area contributed by atoms with Gasteiger partial charge in [0.2, 0.25) is 0 Å². The summed E-state index contributed by atoms with van der Waals surface area (Å²) in [7, 11) is 0. The van der Waals surface area contributed by atoms with Crippen molar-refractivity contribution in [1.82, 2.24) is 5.32 Å². The molecule has 1 rings (SSSR count). The standard InChI is InChI=1S/C4H8N2O2/c7-6-4-3-8-2-1-5-4/h4-5H,1-3H2. The predicted octanol–water partition coefficient (Wildman–Crippen LogP) is -0.301. The SMILES string of the molecule is O=NC1COCCN1. The van der Waals surface area contributed by atoms with Gasteiger partial charge in [-0.15, -0.1) is 4.91 Å². The summed E-state index contributed by atoms with van der Waals surface area (Å²) in [4.78, 5) is 9.77. The molecule has 0 bridgehead atoms. The van der Waals surface area contributed by atoms with Crippen molar-refractivity contribution < 1.29 is 4.74 Å². The van der Waals surface area contributed by atoms with Crippen LogP contribution in [0.25, 0.3) is 0 Å². The molecule has 0 aliphatic carbocycles. The average molecular weight is 116 g/mol. The molecule has 0 aromatic carbocycles. The van der Waals surface area contributed by atoms with Gasteiger partial charge in [0.15, 0.2) is 6.17 Å². The molecule has 0 aromatic heterocycles. The normalized spacial score (nSPS) is 29.8. The summed E-state index contributed by atoms with van der Waals surface area (Å²) in [5, 5.41) is 5.63. The van der Waals surface area contributed by atoms with Crippen LogP contribution in [0.15, 0.2) is 5.18 Å². The Morgan fingerprint density at radius 3 is 3.00 bits per heavy atom. The number of morpholine rings is 1. The summed E-state index contributed by atoms with van der Waals surface area (Å²) in [6, 6.07) is 0. The number of nitrogens with zero attached hydrogens (tertiary/aromatic N) is 1. The third-order valence-corrected chi connectivity index (χ3v) is 1.03. The molecule has 1 heterocycles. The highest BCUT2D eigenvalue weighted by Gasteiger charge is 2.10. The van der Waals surface area contributed by atoms with Crippen molar-refractivity contribution in [3.8, 4) is 0 Å². The van der Waals surface area contributed by atoms with Gasteiger partial charge in [0.05, 0.1) is 13.2 Å². The van der Waals surface area contributed by atoms with E-state index in [0.717, 1.165) is 6.54 Å². The van der Waals surface area contributed by atoms with Crippen molar-refractivity contribution in [2.24, 2.45) is 5.18 Å². The number of nitrogens with one attached hydrogen (secondary N) is 1. The van der Waals surface area contributed by atoms with Gasteiger partial charge in [-0.25, -0.2) is 0 Å². The Balaban J connectivity index is 2.22. The van der Waals surface area contributed by atoms with Gasteiger partial charge in [-0.05, 0) is 5.18 Å². The van der Waals surface area contributed by atoms with Crippen LogP contribution < -0.4 is 5.32 Å². The largest absolute Gasteiger partial charge is 0.376 e. The minimum absolute atomic E-state index is 0.316. The molecular formula is C4H8N2O2. The Bertz CT molecular complexity index is 80.1. The van der Waals surface area contributed by atoms with Crippen molar-refractivity contribution in [3.05, 3.63) is 4.91 Å². The molecule has 0 spiro atoms. The molecule has 1 N–H and O–H groups in total. The van der Waals surface area contributed by atoms with E-state index >= 15 is 0 Å². The zero-order valence-corrected chi connectivity index (χ0v) is 4.46. The molecule has 0 saturated carbocycles. The zero-order valence-electron chi connectivity index (χ0n) is 4.46.